The topological polar surface area (TPSA) is 76.2 Å². The first kappa shape index (κ1) is 23.1. The molecule has 3 amide bonds. The third-order valence-corrected chi connectivity index (χ3v) is 6.89. The van der Waals surface area contributed by atoms with Crippen LogP contribution in [0.4, 0.5) is 4.79 Å². The molecule has 178 valence electrons. The van der Waals surface area contributed by atoms with Gasteiger partial charge in [-0.05, 0) is 51.9 Å². The Bertz CT molecular complexity index is 1290. The number of nitrogens with zero attached hydrogens (tertiary/aromatic N) is 2. The summed E-state index contributed by atoms with van der Waals surface area (Å²) in [6, 6.07) is 21.7. The molecule has 2 aliphatic rings. The molecule has 5 rings (SSSR count). The Labute approximate surface area is 207 Å². The Hall–Kier alpha value is -3.62. The van der Waals surface area contributed by atoms with Gasteiger partial charge in [-0.3, -0.25) is 19.3 Å². The predicted octanol–water partition coefficient (Wildman–Crippen LogP) is 4.31. The summed E-state index contributed by atoms with van der Waals surface area (Å²) in [7, 11) is 0. The zero-order valence-corrected chi connectivity index (χ0v) is 19.8. The van der Waals surface area contributed by atoms with Crippen LogP contribution in [0.3, 0.4) is 0 Å². The van der Waals surface area contributed by atoms with E-state index in [0.29, 0.717) is 43.6 Å². The van der Waals surface area contributed by atoms with Crippen LogP contribution < -0.4 is 4.74 Å². The summed E-state index contributed by atoms with van der Waals surface area (Å²) in [6.45, 7) is 2.07. The molecule has 0 N–H and O–H groups in total. The lowest BCUT2D eigenvalue weighted by atomic mass is 10.1. The van der Waals surface area contributed by atoms with Gasteiger partial charge in [-0.2, -0.15) is 0 Å². The number of hydrogen-bond donors (Lipinski definition) is 0. The van der Waals surface area contributed by atoms with E-state index in [9.17, 15) is 14.4 Å². The number of imide groups is 1. The third kappa shape index (κ3) is 5.23. The van der Waals surface area contributed by atoms with Crippen LogP contribution in [0.5, 0.6) is 5.75 Å². The highest BCUT2D eigenvalue weighted by atomic mass is 32.2. The first-order valence-corrected chi connectivity index (χ1v) is 12.2. The molecule has 0 unspecified atom stereocenters. The van der Waals surface area contributed by atoms with Crippen LogP contribution in [0, 0.1) is 0 Å². The van der Waals surface area contributed by atoms with E-state index in [2.05, 4.69) is 24.3 Å². The van der Waals surface area contributed by atoms with Crippen LogP contribution >= 0.6 is 11.8 Å². The highest BCUT2D eigenvalue weighted by Gasteiger charge is 2.37. The van der Waals surface area contributed by atoms with Crippen molar-refractivity contribution in [3.63, 3.8) is 0 Å². The van der Waals surface area contributed by atoms with Gasteiger partial charge in [0.15, 0.2) is 0 Å². The van der Waals surface area contributed by atoms with Crippen molar-refractivity contribution in [2.24, 2.45) is 0 Å². The fourth-order valence-electron chi connectivity index (χ4n) is 4.08. The molecule has 0 bridgehead atoms. The van der Waals surface area contributed by atoms with Crippen molar-refractivity contribution in [1.82, 2.24) is 9.80 Å². The van der Waals surface area contributed by atoms with Crippen molar-refractivity contribution in [3.05, 3.63) is 82.8 Å². The molecule has 0 aliphatic carbocycles. The lowest BCUT2D eigenvalue weighted by Gasteiger charge is -2.28. The van der Waals surface area contributed by atoms with Crippen molar-refractivity contribution >= 4 is 45.7 Å². The third-order valence-electron chi connectivity index (χ3n) is 5.98. The molecule has 2 fully saturated rings. The van der Waals surface area contributed by atoms with Gasteiger partial charge in [0.05, 0.1) is 18.1 Å². The highest BCUT2D eigenvalue weighted by molar-refractivity contribution is 8.18. The Balaban J connectivity index is 1.22. The molecule has 3 aromatic carbocycles. The number of ether oxygens (including phenoxy) is 2. The standard InChI is InChI=1S/C27H24N2O5S/c30-25(28-12-14-33-15-13-28)17-29-26(31)24(35-27(29)32)16-19-8-10-22(11-9-19)34-18-21-6-3-5-20-4-1-2-7-23(20)21/h1-11,16H,12-15,17-18H2/b24-16-. The number of carbonyl (C=O) groups is 3. The summed E-state index contributed by atoms with van der Waals surface area (Å²) in [6.07, 6.45) is 1.67. The molecule has 7 nitrogen and oxygen atoms in total. The number of morpholine rings is 1. The Kier molecular flexibility index (Phi) is 6.83. The van der Waals surface area contributed by atoms with Crippen molar-refractivity contribution in [2.75, 3.05) is 32.8 Å². The molecule has 2 saturated heterocycles. The van der Waals surface area contributed by atoms with Gasteiger partial charge in [0.25, 0.3) is 11.1 Å². The smallest absolute Gasteiger partial charge is 0.294 e. The summed E-state index contributed by atoms with van der Waals surface area (Å²) in [5.74, 6) is 0.0155. The normalized spacial score (nSPS) is 17.4. The zero-order valence-electron chi connectivity index (χ0n) is 19.0. The first-order valence-electron chi connectivity index (χ1n) is 11.4. The summed E-state index contributed by atoms with van der Waals surface area (Å²) in [4.78, 5) is 40.5. The van der Waals surface area contributed by atoms with Crippen LogP contribution in [-0.2, 0) is 20.9 Å². The van der Waals surface area contributed by atoms with Crippen molar-refractivity contribution < 1.29 is 23.9 Å². The molecule has 0 atom stereocenters. The number of rotatable bonds is 6. The summed E-state index contributed by atoms with van der Waals surface area (Å²) >= 11 is 0.850. The van der Waals surface area contributed by atoms with E-state index in [0.717, 1.165) is 33.2 Å². The van der Waals surface area contributed by atoms with Crippen LogP contribution in [0.2, 0.25) is 0 Å². The molecular weight excluding hydrogens is 464 g/mol. The summed E-state index contributed by atoms with van der Waals surface area (Å²) < 4.78 is 11.2. The minimum atomic E-state index is -0.446. The molecule has 35 heavy (non-hydrogen) atoms. The lowest BCUT2D eigenvalue weighted by Crippen LogP contribution is -2.46. The van der Waals surface area contributed by atoms with Gasteiger partial charge in [-0.1, -0.05) is 54.6 Å². The largest absolute Gasteiger partial charge is 0.489 e. The fraction of sp³-hybridized carbons (Fsp3) is 0.222. The second-order valence-electron chi connectivity index (χ2n) is 8.26. The second-order valence-corrected chi connectivity index (χ2v) is 9.25. The lowest BCUT2D eigenvalue weighted by molar-refractivity contribution is -0.139. The van der Waals surface area contributed by atoms with Gasteiger partial charge >= 0.3 is 0 Å². The zero-order chi connectivity index (χ0) is 24.2. The first-order chi connectivity index (χ1) is 17.1. The molecular formula is C27H24N2O5S. The maximum Gasteiger partial charge on any atom is 0.294 e. The Morgan fingerprint density at radius 1 is 0.971 bits per heavy atom. The number of amides is 3. The van der Waals surface area contributed by atoms with Gasteiger partial charge in [0.1, 0.15) is 18.9 Å². The quantitative estimate of drug-likeness (QED) is 0.481. The SMILES string of the molecule is O=C(CN1C(=O)S/C(=C\c2ccc(OCc3cccc4ccccc34)cc2)C1=O)N1CCOCC1. The maximum atomic E-state index is 12.8. The Morgan fingerprint density at radius 2 is 1.71 bits per heavy atom. The number of benzene rings is 3. The molecule has 0 aromatic heterocycles. The van der Waals surface area contributed by atoms with Gasteiger partial charge < -0.3 is 14.4 Å². The Morgan fingerprint density at radius 3 is 2.51 bits per heavy atom. The van der Waals surface area contributed by atoms with Gasteiger partial charge in [0.2, 0.25) is 5.91 Å². The minimum absolute atomic E-state index is 0.246. The van der Waals surface area contributed by atoms with E-state index in [-0.39, 0.29) is 12.5 Å². The molecule has 0 spiro atoms. The van der Waals surface area contributed by atoms with Crippen LogP contribution in [0.25, 0.3) is 16.8 Å². The van der Waals surface area contributed by atoms with Crippen molar-refractivity contribution in [3.8, 4) is 5.75 Å². The molecule has 0 saturated carbocycles. The molecule has 3 aromatic rings. The molecule has 2 heterocycles. The van der Waals surface area contributed by atoms with E-state index in [1.165, 1.54) is 5.39 Å². The van der Waals surface area contributed by atoms with E-state index < -0.39 is 11.1 Å². The monoisotopic (exact) mass is 488 g/mol. The van der Waals surface area contributed by atoms with Gasteiger partial charge in [0, 0.05) is 13.1 Å². The van der Waals surface area contributed by atoms with E-state index in [4.69, 9.17) is 9.47 Å². The minimum Gasteiger partial charge on any atom is -0.489 e. The number of hydrogen-bond acceptors (Lipinski definition) is 6. The highest BCUT2D eigenvalue weighted by Crippen LogP contribution is 2.32. The van der Waals surface area contributed by atoms with Crippen LogP contribution in [0.15, 0.2) is 71.6 Å². The average Bonchev–Trinajstić information content (AvgIpc) is 3.16. The molecule has 8 heteroatoms. The molecule has 2 aliphatic heterocycles. The van der Waals surface area contributed by atoms with Crippen molar-refractivity contribution in [1.29, 1.82) is 0 Å². The van der Waals surface area contributed by atoms with Crippen LogP contribution in [-0.4, -0.2) is 59.7 Å². The summed E-state index contributed by atoms with van der Waals surface area (Å²) in [5, 5.41) is 1.90. The van der Waals surface area contributed by atoms with Crippen LogP contribution in [0.1, 0.15) is 11.1 Å². The van der Waals surface area contributed by atoms with Gasteiger partial charge in [-0.25, -0.2) is 0 Å². The van der Waals surface area contributed by atoms with E-state index >= 15 is 0 Å². The van der Waals surface area contributed by atoms with Crippen molar-refractivity contribution in [2.45, 2.75) is 6.61 Å². The average molecular weight is 489 g/mol. The second kappa shape index (κ2) is 10.3. The number of carbonyl (C=O) groups excluding carboxylic acids is 3. The predicted molar refractivity (Wildman–Crippen MR) is 135 cm³/mol. The number of thioether (sulfide) groups is 1. The summed E-state index contributed by atoms with van der Waals surface area (Å²) in [5.41, 5.74) is 1.87. The number of fused-ring (bicyclic) bond motifs is 1. The van der Waals surface area contributed by atoms with E-state index in [1.807, 2.05) is 42.5 Å². The fourth-order valence-corrected chi connectivity index (χ4v) is 4.91. The maximum absolute atomic E-state index is 12.8. The van der Waals surface area contributed by atoms with E-state index in [1.54, 1.807) is 11.0 Å². The van der Waals surface area contributed by atoms with Gasteiger partial charge in [-0.15, -0.1) is 0 Å². The molecule has 0 radical (unpaired) electrons.